The molecule has 6 heteroatoms. The molecule has 0 aliphatic heterocycles. The first-order chi connectivity index (χ1) is 11.6. The van der Waals surface area contributed by atoms with E-state index in [1.807, 2.05) is 19.9 Å². The molecule has 0 aliphatic carbocycles. The number of carbonyl (C=O) groups excluding carboxylic acids is 1. The van der Waals surface area contributed by atoms with Crippen LogP contribution in [0.15, 0.2) is 59.1 Å². The molecule has 1 aromatic heterocycles. The summed E-state index contributed by atoms with van der Waals surface area (Å²) in [7, 11) is 0. The van der Waals surface area contributed by atoms with E-state index < -0.39 is 11.7 Å². The van der Waals surface area contributed by atoms with Crippen LogP contribution < -0.4 is 5.73 Å². The molecule has 126 valence electrons. The van der Waals surface area contributed by atoms with Crippen molar-refractivity contribution in [3.05, 3.63) is 54.8 Å². The van der Waals surface area contributed by atoms with Gasteiger partial charge in [0.15, 0.2) is 11.7 Å². The van der Waals surface area contributed by atoms with Gasteiger partial charge in [0.2, 0.25) is 0 Å². The van der Waals surface area contributed by atoms with Crippen molar-refractivity contribution < 1.29 is 4.79 Å². The quantitative estimate of drug-likeness (QED) is 0.254. The SMILES string of the molecule is C=C/C=C\C(=C)C(=O)C(C#N)c1ccc(N=C)c(SCN)n1.CC. The lowest BCUT2D eigenvalue weighted by atomic mass is 9.96. The second kappa shape index (κ2) is 12.0. The third-order valence-corrected chi connectivity index (χ3v) is 3.43. The molecular formula is C18H22N4OS. The van der Waals surface area contributed by atoms with Crippen molar-refractivity contribution in [1.82, 2.24) is 4.98 Å². The summed E-state index contributed by atoms with van der Waals surface area (Å²) in [5, 5.41) is 9.85. The van der Waals surface area contributed by atoms with Gasteiger partial charge in [-0.25, -0.2) is 4.98 Å². The number of pyridine rings is 1. The first-order valence-corrected chi connectivity index (χ1v) is 8.30. The van der Waals surface area contributed by atoms with Crippen LogP contribution in [0.5, 0.6) is 0 Å². The van der Waals surface area contributed by atoms with E-state index in [9.17, 15) is 10.1 Å². The summed E-state index contributed by atoms with van der Waals surface area (Å²) < 4.78 is 0. The van der Waals surface area contributed by atoms with Crippen LogP contribution in [0.4, 0.5) is 5.69 Å². The molecule has 0 radical (unpaired) electrons. The molecule has 2 N–H and O–H groups in total. The highest BCUT2D eigenvalue weighted by Crippen LogP contribution is 2.29. The number of aliphatic imine (C=N–C) groups is 1. The predicted molar refractivity (Wildman–Crippen MR) is 102 cm³/mol. The molecule has 1 heterocycles. The average molecular weight is 342 g/mol. The normalized spacial score (nSPS) is 10.9. The molecule has 5 nitrogen and oxygen atoms in total. The number of nitrogens with zero attached hydrogens (tertiary/aromatic N) is 3. The highest BCUT2D eigenvalue weighted by Gasteiger charge is 2.23. The number of carbonyl (C=O) groups is 1. The summed E-state index contributed by atoms with van der Waals surface area (Å²) >= 11 is 1.27. The standard InChI is InChI=1S/C16H16N4OS.C2H6/c1-4-5-6-11(2)15(21)12(9-17)13-7-8-14(19-3)16(20-13)22-10-18;1-2/h4-8,12H,1-3,10,18H2;1-2H3/b6-5-;. The van der Waals surface area contributed by atoms with Gasteiger partial charge in [0.1, 0.15) is 5.03 Å². The van der Waals surface area contributed by atoms with Gasteiger partial charge in [0.05, 0.1) is 17.5 Å². The largest absolute Gasteiger partial charge is 0.322 e. The van der Waals surface area contributed by atoms with Gasteiger partial charge in [-0.15, -0.1) is 0 Å². The minimum atomic E-state index is -1.03. The summed E-state index contributed by atoms with van der Waals surface area (Å²) in [4.78, 5) is 20.4. The number of Topliss-reactive ketones (excluding diaryl/α,β-unsaturated/α-hetero) is 1. The third-order valence-electron chi connectivity index (χ3n) is 2.69. The van der Waals surface area contributed by atoms with Gasteiger partial charge in [-0.1, -0.05) is 57.0 Å². The summed E-state index contributed by atoms with van der Waals surface area (Å²) in [5.41, 5.74) is 6.62. The second-order valence-electron chi connectivity index (χ2n) is 4.08. The molecule has 1 rings (SSSR count). The van der Waals surface area contributed by atoms with Crippen LogP contribution in [-0.2, 0) is 4.79 Å². The van der Waals surface area contributed by atoms with Crippen molar-refractivity contribution >= 4 is 30.0 Å². The van der Waals surface area contributed by atoms with E-state index in [0.29, 0.717) is 22.3 Å². The molecule has 24 heavy (non-hydrogen) atoms. The topological polar surface area (TPSA) is 92.1 Å². The fraction of sp³-hybridized carbons (Fsp3) is 0.222. The number of aromatic nitrogens is 1. The molecule has 0 saturated carbocycles. The highest BCUT2D eigenvalue weighted by atomic mass is 32.2. The number of nitrogens with two attached hydrogens (primary N) is 1. The number of hydrogen-bond donors (Lipinski definition) is 1. The average Bonchev–Trinajstić information content (AvgIpc) is 2.62. The lowest BCUT2D eigenvalue weighted by Gasteiger charge is -2.10. The first-order valence-electron chi connectivity index (χ1n) is 7.31. The zero-order valence-corrected chi connectivity index (χ0v) is 14.8. The van der Waals surface area contributed by atoms with Gasteiger partial charge in [0.25, 0.3) is 0 Å². The number of ketones is 1. The van der Waals surface area contributed by atoms with Crippen LogP contribution in [0.1, 0.15) is 25.5 Å². The van der Waals surface area contributed by atoms with Crippen LogP contribution in [-0.4, -0.2) is 23.4 Å². The van der Waals surface area contributed by atoms with E-state index in [0.717, 1.165) is 0 Å². The van der Waals surface area contributed by atoms with E-state index in [1.54, 1.807) is 18.2 Å². The van der Waals surface area contributed by atoms with E-state index in [2.05, 4.69) is 29.9 Å². The Morgan fingerprint density at radius 1 is 1.54 bits per heavy atom. The molecule has 0 spiro atoms. The maximum atomic E-state index is 12.3. The zero-order chi connectivity index (χ0) is 18.5. The number of rotatable bonds is 8. The van der Waals surface area contributed by atoms with Crippen molar-refractivity contribution in [3.8, 4) is 6.07 Å². The maximum absolute atomic E-state index is 12.3. The van der Waals surface area contributed by atoms with Gasteiger partial charge in [0, 0.05) is 11.4 Å². The summed E-state index contributed by atoms with van der Waals surface area (Å²) in [5.74, 6) is -1.13. The Bertz CT molecular complexity index is 674. The van der Waals surface area contributed by atoms with Gasteiger partial charge < -0.3 is 5.73 Å². The fourth-order valence-electron chi connectivity index (χ4n) is 1.62. The van der Waals surface area contributed by atoms with Crippen LogP contribution in [0, 0.1) is 11.3 Å². The Labute approximate surface area is 147 Å². The predicted octanol–water partition coefficient (Wildman–Crippen LogP) is 3.92. The smallest absolute Gasteiger partial charge is 0.185 e. The summed E-state index contributed by atoms with van der Waals surface area (Å²) in [6.45, 7) is 14.6. The molecule has 0 saturated heterocycles. The molecule has 0 amide bonds. The zero-order valence-electron chi connectivity index (χ0n) is 14.0. The lowest BCUT2D eigenvalue weighted by molar-refractivity contribution is -0.115. The Morgan fingerprint density at radius 3 is 2.71 bits per heavy atom. The van der Waals surface area contributed by atoms with Gasteiger partial charge in [-0.2, -0.15) is 5.26 Å². The molecule has 0 bridgehead atoms. The van der Waals surface area contributed by atoms with Crippen molar-refractivity contribution in [1.29, 1.82) is 5.26 Å². The van der Waals surface area contributed by atoms with E-state index in [4.69, 9.17) is 5.73 Å². The Morgan fingerprint density at radius 2 is 2.21 bits per heavy atom. The van der Waals surface area contributed by atoms with Crippen LogP contribution in [0.3, 0.4) is 0 Å². The maximum Gasteiger partial charge on any atom is 0.185 e. The number of nitriles is 1. The highest BCUT2D eigenvalue weighted by molar-refractivity contribution is 7.99. The number of allylic oxidation sites excluding steroid dienone is 4. The van der Waals surface area contributed by atoms with E-state index in [1.165, 1.54) is 23.9 Å². The molecule has 1 unspecified atom stereocenters. The third kappa shape index (κ3) is 5.95. The molecule has 1 atom stereocenters. The minimum absolute atomic E-state index is 0.215. The first kappa shape index (κ1) is 21.5. The van der Waals surface area contributed by atoms with Crippen LogP contribution >= 0.6 is 11.8 Å². The van der Waals surface area contributed by atoms with Gasteiger partial charge in [-0.05, 0) is 18.9 Å². The Hall–Kier alpha value is -2.49. The van der Waals surface area contributed by atoms with E-state index >= 15 is 0 Å². The monoisotopic (exact) mass is 342 g/mol. The van der Waals surface area contributed by atoms with E-state index in [-0.39, 0.29) is 5.57 Å². The van der Waals surface area contributed by atoms with Crippen molar-refractivity contribution in [2.75, 3.05) is 5.88 Å². The molecule has 0 fully saturated rings. The van der Waals surface area contributed by atoms with Crippen LogP contribution in [0.25, 0.3) is 0 Å². The molecule has 1 aromatic rings. The summed E-state index contributed by atoms with van der Waals surface area (Å²) in [6.07, 6.45) is 4.62. The van der Waals surface area contributed by atoms with Crippen molar-refractivity contribution in [2.24, 2.45) is 10.7 Å². The van der Waals surface area contributed by atoms with Crippen LogP contribution in [0.2, 0.25) is 0 Å². The second-order valence-corrected chi connectivity index (χ2v) is 5.08. The minimum Gasteiger partial charge on any atom is -0.322 e. The van der Waals surface area contributed by atoms with Crippen molar-refractivity contribution in [3.63, 3.8) is 0 Å². The molecule has 0 aromatic carbocycles. The van der Waals surface area contributed by atoms with Gasteiger partial charge >= 0.3 is 0 Å². The fourth-order valence-corrected chi connectivity index (χ4v) is 2.23. The lowest BCUT2D eigenvalue weighted by Crippen LogP contribution is -2.13. The number of hydrogen-bond acceptors (Lipinski definition) is 6. The number of thioether (sulfide) groups is 1. The molecular weight excluding hydrogens is 320 g/mol. The summed E-state index contributed by atoms with van der Waals surface area (Å²) in [6, 6.07) is 5.21. The van der Waals surface area contributed by atoms with Crippen molar-refractivity contribution in [2.45, 2.75) is 24.8 Å². The molecule has 0 aliphatic rings. The van der Waals surface area contributed by atoms with Gasteiger partial charge in [-0.3, -0.25) is 9.79 Å². The Kier molecular flexibility index (Phi) is 10.8. The Balaban J connectivity index is 0.00000254.